The molecular weight excluding hydrogens is 286 g/mol. The van der Waals surface area contributed by atoms with Gasteiger partial charge in [0.05, 0.1) is 30.3 Å². The molecule has 120 valence electrons. The zero-order valence-electron chi connectivity index (χ0n) is 13.8. The molecular formula is C18H23N5. The Morgan fingerprint density at radius 3 is 2.91 bits per heavy atom. The summed E-state index contributed by atoms with van der Waals surface area (Å²) in [6.07, 6.45) is 6.56. The van der Waals surface area contributed by atoms with Crippen LogP contribution in [0.1, 0.15) is 24.2 Å². The fourth-order valence-electron chi connectivity index (χ4n) is 3.61. The molecule has 1 aromatic carbocycles. The van der Waals surface area contributed by atoms with E-state index in [1.165, 1.54) is 23.9 Å². The highest BCUT2D eigenvalue weighted by Gasteiger charge is 2.26. The van der Waals surface area contributed by atoms with Crippen LogP contribution in [0.4, 0.5) is 0 Å². The molecule has 3 heterocycles. The van der Waals surface area contributed by atoms with E-state index in [4.69, 9.17) is 4.98 Å². The Bertz CT molecular complexity index is 816. The highest BCUT2D eigenvalue weighted by molar-refractivity contribution is 5.75. The lowest BCUT2D eigenvalue weighted by atomic mass is 10.2. The summed E-state index contributed by atoms with van der Waals surface area (Å²) < 4.78 is 4.30. The second-order valence-corrected chi connectivity index (χ2v) is 6.58. The number of para-hydroxylation sites is 2. The van der Waals surface area contributed by atoms with Crippen LogP contribution in [0.5, 0.6) is 0 Å². The smallest absolute Gasteiger partial charge is 0.123 e. The fraction of sp³-hybridized carbons (Fsp3) is 0.444. The summed E-state index contributed by atoms with van der Waals surface area (Å²) in [6.45, 7) is 5.12. The van der Waals surface area contributed by atoms with Crippen LogP contribution in [-0.2, 0) is 20.1 Å². The van der Waals surface area contributed by atoms with E-state index in [0.717, 1.165) is 31.0 Å². The van der Waals surface area contributed by atoms with Crippen molar-refractivity contribution in [3.05, 3.63) is 48.0 Å². The van der Waals surface area contributed by atoms with Crippen molar-refractivity contribution in [2.24, 2.45) is 7.05 Å². The highest BCUT2D eigenvalue weighted by Crippen LogP contribution is 2.23. The number of fused-ring (bicyclic) bond motifs is 1. The van der Waals surface area contributed by atoms with E-state index < -0.39 is 0 Å². The maximum atomic E-state index is 4.82. The van der Waals surface area contributed by atoms with Gasteiger partial charge in [0.1, 0.15) is 5.82 Å². The Balaban J connectivity index is 1.53. The largest absolute Gasteiger partial charge is 0.330 e. The number of benzene rings is 1. The van der Waals surface area contributed by atoms with Gasteiger partial charge in [-0.25, -0.2) is 4.98 Å². The number of likely N-dealkylation sites (tertiary alicyclic amines) is 1. The first kappa shape index (κ1) is 14.5. The molecule has 0 unspecified atom stereocenters. The fourth-order valence-corrected chi connectivity index (χ4v) is 3.61. The van der Waals surface area contributed by atoms with Crippen LogP contribution >= 0.6 is 0 Å². The van der Waals surface area contributed by atoms with Crippen molar-refractivity contribution in [3.63, 3.8) is 0 Å². The molecule has 1 aliphatic rings. The first-order valence-corrected chi connectivity index (χ1v) is 8.34. The Morgan fingerprint density at radius 1 is 1.26 bits per heavy atom. The van der Waals surface area contributed by atoms with Gasteiger partial charge in [-0.05, 0) is 44.0 Å². The topological polar surface area (TPSA) is 38.9 Å². The van der Waals surface area contributed by atoms with Gasteiger partial charge >= 0.3 is 0 Å². The molecule has 1 atom stereocenters. The lowest BCUT2D eigenvalue weighted by Crippen LogP contribution is -2.33. The Morgan fingerprint density at radius 2 is 2.13 bits per heavy atom. The van der Waals surface area contributed by atoms with Gasteiger partial charge in [0, 0.05) is 19.3 Å². The van der Waals surface area contributed by atoms with Crippen molar-refractivity contribution in [1.29, 1.82) is 0 Å². The maximum Gasteiger partial charge on any atom is 0.123 e. The molecule has 0 aliphatic carbocycles. The van der Waals surface area contributed by atoms with Gasteiger partial charge in [-0.2, -0.15) is 5.10 Å². The second kappa shape index (κ2) is 5.81. The molecule has 0 amide bonds. The molecule has 0 saturated carbocycles. The number of aromatic nitrogens is 4. The third kappa shape index (κ3) is 2.77. The number of aryl methyl sites for hydroxylation is 2. The van der Waals surface area contributed by atoms with Crippen LogP contribution in [-0.4, -0.2) is 36.8 Å². The number of nitrogens with zero attached hydrogens (tertiary/aromatic N) is 5. The second-order valence-electron chi connectivity index (χ2n) is 6.58. The minimum Gasteiger partial charge on any atom is -0.330 e. The van der Waals surface area contributed by atoms with Crippen LogP contribution in [0.15, 0.2) is 36.7 Å². The summed E-state index contributed by atoms with van der Waals surface area (Å²) >= 11 is 0. The number of rotatable bonds is 4. The molecule has 23 heavy (non-hydrogen) atoms. The summed E-state index contributed by atoms with van der Waals surface area (Å²) in [7, 11) is 2.12. The van der Waals surface area contributed by atoms with Crippen LogP contribution in [0.3, 0.4) is 0 Å². The van der Waals surface area contributed by atoms with Crippen LogP contribution in [0, 0.1) is 6.92 Å². The number of hydrogen-bond donors (Lipinski definition) is 0. The maximum absolute atomic E-state index is 4.82. The van der Waals surface area contributed by atoms with E-state index in [9.17, 15) is 0 Å². The predicted octanol–water partition coefficient (Wildman–Crippen LogP) is 2.74. The van der Waals surface area contributed by atoms with Crippen molar-refractivity contribution >= 4 is 11.0 Å². The molecule has 0 bridgehead atoms. The Kier molecular flexibility index (Phi) is 3.65. The van der Waals surface area contributed by atoms with Crippen molar-refractivity contribution < 1.29 is 0 Å². The molecule has 5 nitrogen and oxygen atoms in total. The van der Waals surface area contributed by atoms with Crippen molar-refractivity contribution in [1.82, 2.24) is 24.2 Å². The van der Waals surface area contributed by atoms with Crippen molar-refractivity contribution in [3.8, 4) is 0 Å². The van der Waals surface area contributed by atoms with Gasteiger partial charge in [-0.1, -0.05) is 12.1 Å². The van der Waals surface area contributed by atoms with Crippen molar-refractivity contribution in [2.75, 3.05) is 6.54 Å². The average molecular weight is 309 g/mol. The van der Waals surface area contributed by atoms with Gasteiger partial charge in [0.15, 0.2) is 0 Å². The molecule has 0 N–H and O–H groups in total. The van der Waals surface area contributed by atoms with E-state index in [2.05, 4.69) is 63.7 Å². The number of imidazole rings is 1. The van der Waals surface area contributed by atoms with Gasteiger partial charge < -0.3 is 4.57 Å². The third-order valence-electron chi connectivity index (χ3n) is 4.88. The standard InChI is InChI=1S/C18H23N5/c1-14-10-19-23(11-14)12-15-6-5-9-22(15)13-18-20-16-7-3-4-8-17(16)21(18)2/h3-4,7-8,10-11,15H,5-6,9,12-13H2,1-2H3/t15-/m1/s1. The SMILES string of the molecule is Cc1cnn(C[C@H]2CCCN2Cc2nc3ccccc3n2C)c1. The Labute approximate surface area is 136 Å². The van der Waals surface area contributed by atoms with Crippen molar-refractivity contribution in [2.45, 2.75) is 38.9 Å². The third-order valence-corrected chi connectivity index (χ3v) is 4.88. The van der Waals surface area contributed by atoms with Crippen LogP contribution in [0.2, 0.25) is 0 Å². The average Bonchev–Trinajstić information content (AvgIpc) is 3.23. The van der Waals surface area contributed by atoms with E-state index in [-0.39, 0.29) is 0 Å². The van der Waals surface area contributed by atoms with E-state index >= 15 is 0 Å². The van der Waals surface area contributed by atoms with E-state index in [1.54, 1.807) is 0 Å². The van der Waals surface area contributed by atoms with Gasteiger partial charge in [-0.3, -0.25) is 9.58 Å². The van der Waals surface area contributed by atoms with Crippen LogP contribution < -0.4 is 0 Å². The zero-order valence-corrected chi connectivity index (χ0v) is 13.8. The molecule has 4 rings (SSSR count). The lowest BCUT2D eigenvalue weighted by Gasteiger charge is -2.24. The predicted molar refractivity (Wildman–Crippen MR) is 91.1 cm³/mol. The summed E-state index contributed by atoms with van der Waals surface area (Å²) in [6, 6.07) is 8.91. The molecule has 3 aromatic rings. The minimum absolute atomic E-state index is 0.550. The zero-order chi connectivity index (χ0) is 15.8. The highest BCUT2D eigenvalue weighted by atomic mass is 15.3. The van der Waals surface area contributed by atoms with Gasteiger partial charge in [0.25, 0.3) is 0 Å². The van der Waals surface area contributed by atoms with Crippen LogP contribution in [0.25, 0.3) is 11.0 Å². The minimum atomic E-state index is 0.550. The summed E-state index contributed by atoms with van der Waals surface area (Å²) in [4.78, 5) is 7.37. The quantitative estimate of drug-likeness (QED) is 0.744. The molecule has 1 aliphatic heterocycles. The first-order valence-electron chi connectivity index (χ1n) is 8.34. The normalized spacial score (nSPS) is 19.0. The molecule has 1 fully saturated rings. The van der Waals surface area contributed by atoms with Gasteiger partial charge in [-0.15, -0.1) is 0 Å². The van der Waals surface area contributed by atoms with Gasteiger partial charge in [0.2, 0.25) is 0 Å². The lowest BCUT2D eigenvalue weighted by molar-refractivity contribution is 0.212. The monoisotopic (exact) mass is 309 g/mol. The molecule has 0 radical (unpaired) electrons. The molecule has 1 saturated heterocycles. The summed E-state index contributed by atoms with van der Waals surface area (Å²) in [5.41, 5.74) is 3.52. The first-order chi connectivity index (χ1) is 11.2. The summed E-state index contributed by atoms with van der Waals surface area (Å²) in [5, 5.41) is 4.44. The molecule has 2 aromatic heterocycles. The summed E-state index contributed by atoms with van der Waals surface area (Å²) in [5.74, 6) is 1.15. The van der Waals surface area contributed by atoms with E-state index in [0.29, 0.717) is 6.04 Å². The molecule has 5 heteroatoms. The Hall–Kier alpha value is -2.14. The number of hydrogen-bond acceptors (Lipinski definition) is 3. The molecule has 0 spiro atoms. The van der Waals surface area contributed by atoms with E-state index in [1.807, 2.05) is 6.20 Å².